The fraction of sp³-hybridized carbons (Fsp3) is 0.235. The molecule has 0 aliphatic carbocycles. The molecule has 1 amide bonds. The Bertz CT molecular complexity index is 819. The van der Waals surface area contributed by atoms with Crippen LogP contribution in [0.1, 0.15) is 17.0 Å². The molecule has 0 spiro atoms. The van der Waals surface area contributed by atoms with E-state index in [-0.39, 0.29) is 12.5 Å². The molecule has 0 radical (unpaired) electrons. The number of carbonyl (C=O) groups is 1. The molecule has 6 heteroatoms. The van der Waals surface area contributed by atoms with Crippen LogP contribution >= 0.6 is 0 Å². The Morgan fingerprint density at radius 2 is 2.00 bits per heavy atom. The molecule has 2 heterocycles. The lowest BCUT2D eigenvalue weighted by Gasteiger charge is -2.09. The Morgan fingerprint density at radius 1 is 1.17 bits per heavy atom. The summed E-state index contributed by atoms with van der Waals surface area (Å²) in [5.74, 6) is 0.845. The van der Waals surface area contributed by atoms with Crippen LogP contribution in [-0.2, 0) is 17.9 Å². The van der Waals surface area contributed by atoms with Crippen molar-refractivity contribution in [1.29, 1.82) is 0 Å². The highest BCUT2D eigenvalue weighted by atomic mass is 16.4. The maximum Gasteiger partial charge on any atom is 0.264 e. The first-order valence-electron chi connectivity index (χ1n) is 7.40. The van der Waals surface area contributed by atoms with Crippen LogP contribution in [0.15, 0.2) is 47.0 Å². The van der Waals surface area contributed by atoms with E-state index in [4.69, 9.17) is 4.42 Å². The van der Waals surface area contributed by atoms with Crippen molar-refractivity contribution in [3.8, 4) is 11.6 Å². The number of benzene rings is 1. The van der Waals surface area contributed by atoms with Gasteiger partial charge in [-0.3, -0.25) is 4.79 Å². The number of nitrogens with one attached hydrogen (secondary N) is 1. The first kappa shape index (κ1) is 15.0. The van der Waals surface area contributed by atoms with E-state index in [0.29, 0.717) is 18.3 Å². The summed E-state index contributed by atoms with van der Waals surface area (Å²) in [7, 11) is 0. The van der Waals surface area contributed by atoms with Crippen molar-refractivity contribution in [2.45, 2.75) is 26.9 Å². The third kappa shape index (κ3) is 3.48. The van der Waals surface area contributed by atoms with Crippen molar-refractivity contribution in [2.75, 3.05) is 0 Å². The van der Waals surface area contributed by atoms with Gasteiger partial charge in [0, 0.05) is 19.7 Å². The molecule has 0 bridgehead atoms. The number of nitrogens with zero attached hydrogens (tertiary/aromatic N) is 3. The van der Waals surface area contributed by atoms with Crippen molar-refractivity contribution in [1.82, 2.24) is 20.1 Å². The fourth-order valence-electron chi connectivity index (χ4n) is 2.36. The van der Waals surface area contributed by atoms with Gasteiger partial charge in [0.2, 0.25) is 11.8 Å². The number of hydrogen-bond donors (Lipinski definition) is 1. The van der Waals surface area contributed by atoms with Gasteiger partial charge in [0.25, 0.3) is 5.89 Å². The molecule has 2 aromatic heterocycles. The molecule has 0 aliphatic heterocycles. The molecule has 0 aliphatic rings. The zero-order valence-electron chi connectivity index (χ0n) is 13.1. The molecule has 3 aromatic rings. The molecule has 0 saturated heterocycles. The summed E-state index contributed by atoms with van der Waals surface area (Å²) < 4.78 is 7.21. The van der Waals surface area contributed by atoms with E-state index in [9.17, 15) is 4.79 Å². The van der Waals surface area contributed by atoms with Crippen LogP contribution in [0.3, 0.4) is 0 Å². The van der Waals surface area contributed by atoms with Crippen molar-refractivity contribution in [3.63, 3.8) is 0 Å². The number of aryl methyl sites for hydroxylation is 2. The zero-order valence-corrected chi connectivity index (χ0v) is 13.1. The smallest absolute Gasteiger partial charge is 0.264 e. The predicted molar refractivity (Wildman–Crippen MR) is 85.5 cm³/mol. The molecule has 0 atom stereocenters. The van der Waals surface area contributed by atoms with E-state index in [1.54, 1.807) is 11.5 Å². The number of amides is 1. The van der Waals surface area contributed by atoms with Gasteiger partial charge in [-0.25, -0.2) is 0 Å². The minimum atomic E-state index is -0.0676. The molecule has 118 valence electrons. The Balaban J connectivity index is 1.65. The summed E-state index contributed by atoms with van der Waals surface area (Å²) in [5.41, 5.74) is 3.01. The number of carbonyl (C=O) groups excluding carboxylic acids is 1. The quantitative estimate of drug-likeness (QED) is 0.785. The number of rotatable bonds is 5. The van der Waals surface area contributed by atoms with E-state index < -0.39 is 0 Å². The summed E-state index contributed by atoms with van der Waals surface area (Å²) in [5, 5.41) is 10.7. The Labute approximate surface area is 134 Å². The molecular weight excluding hydrogens is 292 g/mol. The van der Waals surface area contributed by atoms with Crippen LogP contribution in [0.4, 0.5) is 0 Å². The third-order valence-electron chi connectivity index (χ3n) is 3.63. The van der Waals surface area contributed by atoms with Gasteiger partial charge < -0.3 is 14.3 Å². The van der Waals surface area contributed by atoms with Crippen LogP contribution in [0.2, 0.25) is 0 Å². The highest BCUT2D eigenvalue weighted by Gasteiger charge is 2.13. The average molecular weight is 310 g/mol. The van der Waals surface area contributed by atoms with Crippen molar-refractivity contribution in [3.05, 3.63) is 59.6 Å². The van der Waals surface area contributed by atoms with E-state index >= 15 is 0 Å². The monoisotopic (exact) mass is 310 g/mol. The molecular formula is C17H18N4O2. The lowest BCUT2D eigenvalue weighted by molar-refractivity contribution is -0.121. The number of aromatic nitrogens is 3. The van der Waals surface area contributed by atoms with E-state index in [1.165, 1.54) is 0 Å². The van der Waals surface area contributed by atoms with Gasteiger partial charge in [0.1, 0.15) is 12.2 Å². The molecule has 0 saturated carbocycles. The topological polar surface area (TPSA) is 73.0 Å². The summed E-state index contributed by atoms with van der Waals surface area (Å²) >= 11 is 0. The van der Waals surface area contributed by atoms with Gasteiger partial charge >= 0.3 is 0 Å². The van der Waals surface area contributed by atoms with Crippen LogP contribution in [0.25, 0.3) is 11.6 Å². The highest BCUT2D eigenvalue weighted by Crippen LogP contribution is 2.18. The van der Waals surface area contributed by atoms with Gasteiger partial charge in [-0.1, -0.05) is 24.3 Å². The van der Waals surface area contributed by atoms with Gasteiger partial charge in [-0.2, -0.15) is 0 Å². The summed E-state index contributed by atoms with van der Waals surface area (Å²) in [6.45, 7) is 4.49. The van der Waals surface area contributed by atoms with Gasteiger partial charge in [0.15, 0.2) is 0 Å². The molecule has 23 heavy (non-hydrogen) atoms. The predicted octanol–water partition coefficient (Wildman–Crippen LogP) is 2.47. The van der Waals surface area contributed by atoms with Crippen LogP contribution in [0, 0.1) is 13.8 Å². The number of hydrogen-bond acceptors (Lipinski definition) is 4. The van der Waals surface area contributed by atoms with Crippen LogP contribution in [0.5, 0.6) is 0 Å². The van der Waals surface area contributed by atoms with Crippen molar-refractivity contribution in [2.24, 2.45) is 0 Å². The van der Waals surface area contributed by atoms with E-state index in [1.807, 2.05) is 49.5 Å². The van der Waals surface area contributed by atoms with E-state index in [2.05, 4.69) is 15.5 Å². The second-order valence-electron chi connectivity index (χ2n) is 5.35. The van der Waals surface area contributed by atoms with Crippen LogP contribution in [-0.4, -0.2) is 20.7 Å². The zero-order chi connectivity index (χ0) is 16.2. The molecule has 0 fully saturated rings. The third-order valence-corrected chi connectivity index (χ3v) is 3.63. The van der Waals surface area contributed by atoms with Gasteiger partial charge in [0.05, 0.1) is 0 Å². The standard InChI is InChI=1S/C17H18N4O2/c1-12-6-3-4-7-14(12)10-18-16(22)11-21-9-5-8-15(21)17-20-19-13(2)23-17/h3-9H,10-11H2,1-2H3,(H,18,22). The normalized spacial score (nSPS) is 10.7. The fourth-order valence-corrected chi connectivity index (χ4v) is 2.36. The maximum atomic E-state index is 12.2. The average Bonchev–Trinajstić information content (AvgIpc) is 3.15. The lowest BCUT2D eigenvalue weighted by atomic mass is 10.1. The summed E-state index contributed by atoms with van der Waals surface area (Å²) in [6, 6.07) is 11.7. The maximum absolute atomic E-state index is 12.2. The minimum Gasteiger partial charge on any atom is -0.420 e. The first-order valence-corrected chi connectivity index (χ1v) is 7.40. The molecule has 6 nitrogen and oxygen atoms in total. The van der Waals surface area contributed by atoms with Gasteiger partial charge in [-0.05, 0) is 30.2 Å². The first-order chi connectivity index (χ1) is 11.1. The molecule has 3 rings (SSSR count). The SMILES string of the molecule is Cc1nnc(-c2cccn2CC(=O)NCc2ccccc2C)o1. The Hall–Kier alpha value is -2.89. The Kier molecular flexibility index (Phi) is 4.23. The van der Waals surface area contributed by atoms with Crippen molar-refractivity contribution < 1.29 is 9.21 Å². The van der Waals surface area contributed by atoms with E-state index in [0.717, 1.165) is 16.8 Å². The van der Waals surface area contributed by atoms with Gasteiger partial charge in [-0.15, -0.1) is 10.2 Å². The Morgan fingerprint density at radius 3 is 2.74 bits per heavy atom. The molecule has 1 N–H and O–H groups in total. The minimum absolute atomic E-state index is 0.0676. The molecule has 0 unspecified atom stereocenters. The lowest BCUT2D eigenvalue weighted by Crippen LogP contribution is -2.27. The molecule has 1 aromatic carbocycles. The second-order valence-corrected chi connectivity index (χ2v) is 5.35. The van der Waals surface area contributed by atoms with Crippen LogP contribution < -0.4 is 5.32 Å². The summed E-state index contributed by atoms with van der Waals surface area (Å²) in [4.78, 5) is 12.2. The largest absolute Gasteiger partial charge is 0.420 e. The second kappa shape index (κ2) is 6.48. The highest BCUT2D eigenvalue weighted by molar-refractivity contribution is 5.76. The summed E-state index contributed by atoms with van der Waals surface area (Å²) in [6.07, 6.45) is 1.82. The van der Waals surface area contributed by atoms with Crippen molar-refractivity contribution >= 4 is 5.91 Å².